The largest absolute Gasteiger partial charge is 0.507 e. The van der Waals surface area contributed by atoms with E-state index < -0.39 is 11.9 Å². The predicted molar refractivity (Wildman–Crippen MR) is 82.9 cm³/mol. The van der Waals surface area contributed by atoms with Gasteiger partial charge >= 0.3 is 0 Å². The molecule has 0 fully saturated rings. The molecule has 2 atom stereocenters. The maximum atomic E-state index is 10.3. The number of hydrogen-bond donors (Lipinski definition) is 2. The zero-order valence-electron chi connectivity index (χ0n) is 13.1. The summed E-state index contributed by atoms with van der Waals surface area (Å²) in [6.07, 6.45) is 4.04. The lowest BCUT2D eigenvalue weighted by Crippen LogP contribution is -2.47. The Morgan fingerprint density at radius 2 is 1.95 bits per heavy atom. The van der Waals surface area contributed by atoms with Crippen molar-refractivity contribution in [1.29, 1.82) is 0 Å². The summed E-state index contributed by atoms with van der Waals surface area (Å²) in [6, 6.07) is 7.84. The average Bonchev–Trinajstić information content (AvgIpc) is 2.55. The number of ether oxygens (including phenoxy) is 3. The Bertz CT molecular complexity index is 578. The molecule has 22 heavy (non-hydrogen) atoms. The van der Waals surface area contributed by atoms with Crippen LogP contribution in [0.4, 0.5) is 0 Å². The highest BCUT2D eigenvalue weighted by molar-refractivity contribution is 5.35. The van der Waals surface area contributed by atoms with E-state index in [1.165, 1.54) is 20.3 Å². The van der Waals surface area contributed by atoms with Gasteiger partial charge in [-0.3, -0.25) is 0 Å². The second-order valence-corrected chi connectivity index (χ2v) is 5.18. The summed E-state index contributed by atoms with van der Waals surface area (Å²) in [5.41, 5.74) is 2.02. The molecule has 2 unspecified atom stereocenters. The number of benzene rings is 1. The fourth-order valence-corrected chi connectivity index (χ4v) is 2.50. The number of aliphatic hydroxyl groups excluding tert-OH is 1. The third-order valence-corrected chi connectivity index (χ3v) is 3.84. The molecule has 0 spiro atoms. The molecule has 0 radical (unpaired) electrons. The van der Waals surface area contributed by atoms with E-state index >= 15 is 0 Å². The molecular weight excluding hydrogens is 284 g/mol. The number of allylic oxidation sites excluding steroid dienone is 2. The highest BCUT2D eigenvalue weighted by atomic mass is 16.7. The monoisotopic (exact) mass is 306 g/mol. The van der Waals surface area contributed by atoms with Crippen LogP contribution in [0.25, 0.3) is 0 Å². The van der Waals surface area contributed by atoms with Gasteiger partial charge in [0.1, 0.15) is 11.9 Å². The Balaban J connectivity index is 2.10. The first-order valence-electron chi connectivity index (χ1n) is 7.08. The maximum absolute atomic E-state index is 10.3. The smallest absolute Gasteiger partial charge is 0.255 e. The lowest BCUT2D eigenvalue weighted by atomic mass is 9.93. The van der Waals surface area contributed by atoms with Crippen LogP contribution in [0.1, 0.15) is 12.0 Å². The Kier molecular flexibility index (Phi) is 5.24. The van der Waals surface area contributed by atoms with Gasteiger partial charge in [-0.25, -0.2) is 0 Å². The van der Waals surface area contributed by atoms with Crippen LogP contribution in [0, 0.1) is 0 Å². The number of aliphatic hydroxyl groups is 2. The summed E-state index contributed by atoms with van der Waals surface area (Å²) in [5.74, 6) is -1.25. The molecule has 1 aliphatic carbocycles. The van der Waals surface area contributed by atoms with Crippen LogP contribution in [-0.2, 0) is 15.9 Å². The normalized spacial score (nSPS) is 24.6. The van der Waals surface area contributed by atoms with E-state index in [9.17, 15) is 10.2 Å². The minimum atomic E-state index is -1.83. The van der Waals surface area contributed by atoms with Crippen LogP contribution in [0.3, 0.4) is 0 Å². The molecule has 1 aromatic carbocycles. The SMILES string of the molecule is COc1cccc(CCC2=CC(OC)C(O)(OC)C(O)=C2)c1. The Hall–Kier alpha value is -1.82. The van der Waals surface area contributed by atoms with Gasteiger partial charge in [-0.2, -0.15) is 0 Å². The molecular formula is C17H22O5. The first-order valence-corrected chi connectivity index (χ1v) is 7.08. The molecule has 5 nitrogen and oxygen atoms in total. The quantitative estimate of drug-likeness (QED) is 0.790. The van der Waals surface area contributed by atoms with E-state index in [-0.39, 0.29) is 5.76 Å². The van der Waals surface area contributed by atoms with Gasteiger partial charge in [0.05, 0.1) is 7.11 Å². The molecule has 0 aromatic heterocycles. The van der Waals surface area contributed by atoms with E-state index in [1.807, 2.05) is 24.3 Å². The third-order valence-electron chi connectivity index (χ3n) is 3.84. The van der Waals surface area contributed by atoms with Crippen molar-refractivity contribution in [2.24, 2.45) is 0 Å². The molecule has 0 saturated heterocycles. The Labute approximate surface area is 130 Å². The van der Waals surface area contributed by atoms with Crippen LogP contribution in [0.15, 0.2) is 47.7 Å². The van der Waals surface area contributed by atoms with Crippen LogP contribution >= 0.6 is 0 Å². The Morgan fingerprint density at radius 1 is 1.18 bits per heavy atom. The predicted octanol–water partition coefficient (Wildman–Crippen LogP) is 2.36. The van der Waals surface area contributed by atoms with Gasteiger partial charge in [-0.1, -0.05) is 12.1 Å². The average molecular weight is 306 g/mol. The molecule has 0 saturated carbocycles. The summed E-state index contributed by atoms with van der Waals surface area (Å²) in [4.78, 5) is 0. The minimum Gasteiger partial charge on any atom is -0.507 e. The first-order chi connectivity index (χ1) is 10.5. The second-order valence-electron chi connectivity index (χ2n) is 5.18. The van der Waals surface area contributed by atoms with Crippen molar-refractivity contribution in [2.45, 2.75) is 24.7 Å². The summed E-state index contributed by atoms with van der Waals surface area (Å²) < 4.78 is 15.4. The summed E-state index contributed by atoms with van der Waals surface area (Å²) >= 11 is 0. The number of rotatable bonds is 6. The lowest BCUT2D eigenvalue weighted by Gasteiger charge is -2.34. The fraction of sp³-hybridized carbons (Fsp3) is 0.412. The zero-order valence-corrected chi connectivity index (χ0v) is 13.1. The lowest BCUT2D eigenvalue weighted by molar-refractivity contribution is -0.227. The van der Waals surface area contributed by atoms with Gasteiger partial charge in [0.2, 0.25) is 0 Å². The summed E-state index contributed by atoms with van der Waals surface area (Å²) in [6.45, 7) is 0. The van der Waals surface area contributed by atoms with Crippen LogP contribution in [0.2, 0.25) is 0 Å². The van der Waals surface area contributed by atoms with E-state index in [4.69, 9.17) is 14.2 Å². The topological polar surface area (TPSA) is 68.2 Å². The standard InChI is InChI=1S/C17H22O5/c1-20-14-6-4-5-12(9-14)7-8-13-10-15(18)17(19,22-3)16(11-13)21-2/h4-6,9-11,16,18-19H,7-8H2,1-3H3. The number of methoxy groups -OCH3 is 3. The van der Waals surface area contributed by atoms with Crippen molar-refractivity contribution >= 4 is 0 Å². The van der Waals surface area contributed by atoms with Gasteiger partial charge in [0.15, 0.2) is 5.76 Å². The molecule has 0 heterocycles. The Morgan fingerprint density at radius 3 is 2.59 bits per heavy atom. The van der Waals surface area contributed by atoms with Crippen molar-refractivity contribution in [2.75, 3.05) is 21.3 Å². The van der Waals surface area contributed by atoms with E-state index in [0.717, 1.165) is 23.3 Å². The van der Waals surface area contributed by atoms with Crippen molar-refractivity contribution in [3.63, 3.8) is 0 Å². The molecule has 0 bridgehead atoms. The number of aryl methyl sites for hydroxylation is 1. The van der Waals surface area contributed by atoms with E-state index in [0.29, 0.717) is 6.42 Å². The molecule has 0 aliphatic heterocycles. The van der Waals surface area contributed by atoms with Gasteiger partial charge in [0.25, 0.3) is 5.79 Å². The zero-order chi connectivity index (χ0) is 16.2. The molecule has 2 N–H and O–H groups in total. The maximum Gasteiger partial charge on any atom is 0.255 e. The second kappa shape index (κ2) is 6.96. The van der Waals surface area contributed by atoms with Gasteiger partial charge in [-0.05, 0) is 48.3 Å². The van der Waals surface area contributed by atoms with Crippen LogP contribution in [0.5, 0.6) is 5.75 Å². The summed E-state index contributed by atoms with van der Waals surface area (Å²) in [7, 11) is 4.42. The highest BCUT2D eigenvalue weighted by Crippen LogP contribution is 2.31. The van der Waals surface area contributed by atoms with E-state index in [1.54, 1.807) is 13.2 Å². The molecule has 5 heteroatoms. The minimum absolute atomic E-state index is 0.245. The molecule has 1 aromatic rings. The summed E-state index contributed by atoms with van der Waals surface area (Å²) in [5, 5.41) is 20.3. The molecule has 120 valence electrons. The first kappa shape index (κ1) is 16.5. The van der Waals surface area contributed by atoms with Gasteiger partial charge < -0.3 is 24.4 Å². The number of hydrogen-bond acceptors (Lipinski definition) is 5. The van der Waals surface area contributed by atoms with Crippen LogP contribution < -0.4 is 4.74 Å². The molecule has 0 amide bonds. The van der Waals surface area contributed by atoms with Crippen molar-refractivity contribution in [3.8, 4) is 5.75 Å². The van der Waals surface area contributed by atoms with Crippen molar-refractivity contribution in [3.05, 3.63) is 53.3 Å². The molecule has 2 rings (SSSR count). The highest BCUT2D eigenvalue weighted by Gasteiger charge is 2.43. The van der Waals surface area contributed by atoms with Crippen molar-refractivity contribution in [1.82, 2.24) is 0 Å². The fourth-order valence-electron chi connectivity index (χ4n) is 2.50. The van der Waals surface area contributed by atoms with Crippen molar-refractivity contribution < 1.29 is 24.4 Å². The van der Waals surface area contributed by atoms with Gasteiger partial charge in [-0.15, -0.1) is 0 Å². The third kappa shape index (κ3) is 3.32. The van der Waals surface area contributed by atoms with E-state index in [2.05, 4.69) is 0 Å². The van der Waals surface area contributed by atoms with Crippen LogP contribution in [-0.4, -0.2) is 43.4 Å². The van der Waals surface area contributed by atoms with Gasteiger partial charge in [0, 0.05) is 14.2 Å². The molecule has 1 aliphatic rings.